The first-order valence-corrected chi connectivity index (χ1v) is 48.4. The molecule has 702 valence electrons. The molecule has 9 N–H and O–H groups in total. The molecule has 12 aromatic rings. The van der Waals surface area contributed by atoms with E-state index in [1.165, 1.54) is 43.3 Å². The van der Waals surface area contributed by atoms with Gasteiger partial charge in [0.25, 0.3) is 0 Å². The van der Waals surface area contributed by atoms with Crippen LogP contribution in [0.5, 0.6) is 34.5 Å². The fourth-order valence-electron chi connectivity index (χ4n) is 17.8. The van der Waals surface area contributed by atoms with E-state index >= 15 is 0 Å². The number of carboxylic acid groups (broad SMARTS) is 1. The van der Waals surface area contributed by atoms with Gasteiger partial charge in [-0.05, 0) is 239 Å². The number of methoxy groups -OCH3 is 2. The van der Waals surface area contributed by atoms with Gasteiger partial charge < -0.3 is 55.5 Å². The summed E-state index contributed by atoms with van der Waals surface area (Å²) in [7, 11) is -2.78. The minimum Gasteiger partial charge on any atom is -0.497 e. The Morgan fingerprint density at radius 3 is 1.51 bits per heavy atom. The summed E-state index contributed by atoms with van der Waals surface area (Å²) < 4.78 is 85.7. The number of aryl methyl sites for hydroxylation is 1. The summed E-state index contributed by atoms with van der Waals surface area (Å²) >= 11 is 1.87. The van der Waals surface area contributed by atoms with E-state index in [2.05, 4.69) is 67.6 Å². The molecular weight excluding hydrogens is 1760 g/mol. The van der Waals surface area contributed by atoms with E-state index in [1.54, 1.807) is 75.0 Å². The number of ether oxygens (including phenoxy) is 6. The summed E-state index contributed by atoms with van der Waals surface area (Å²) in [5, 5.41) is 12.3. The molecule has 4 aliphatic carbocycles. The lowest BCUT2D eigenvalue weighted by Crippen LogP contribution is -2.40. The van der Waals surface area contributed by atoms with Gasteiger partial charge in [0.1, 0.15) is 40.7 Å². The molecule has 0 radical (unpaired) electrons. The summed E-state index contributed by atoms with van der Waals surface area (Å²) in [4.78, 5) is 95.0. The number of benzene rings is 8. The quantitative estimate of drug-likeness (QED) is 0.0325. The first-order chi connectivity index (χ1) is 63.9. The Hall–Kier alpha value is -13.3. The van der Waals surface area contributed by atoms with Crippen LogP contribution in [0.25, 0.3) is 44.9 Å². The Bertz CT molecular complexity index is 6560. The zero-order valence-electron chi connectivity index (χ0n) is 74.7. The smallest absolute Gasteiger partial charge is 0.322 e. The van der Waals surface area contributed by atoms with Crippen molar-refractivity contribution in [3.05, 3.63) is 305 Å². The second kappa shape index (κ2) is 41.9. The molecule has 7 heterocycles. The van der Waals surface area contributed by atoms with Gasteiger partial charge in [0, 0.05) is 88.2 Å². The van der Waals surface area contributed by atoms with Gasteiger partial charge in [0.15, 0.2) is 23.0 Å². The first-order valence-electron chi connectivity index (χ1n) is 44.1. The Morgan fingerprint density at radius 2 is 1.00 bits per heavy atom. The third-order valence-electron chi connectivity index (χ3n) is 25.9. The summed E-state index contributed by atoms with van der Waals surface area (Å²) in [6.07, 6.45) is 16.5. The number of nitrogens with zero attached hydrogens (tertiary/aromatic N) is 5. The number of anilines is 1. The minimum absolute atomic E-state index is 0. The maximum Gasteiger partial charge on any atom is 0.322 e. The van der Waals surface area contributed by atoms with Crippen LogP contribution in [-0.2, 0) is 91.4 Å². The highest BCUT2D eigenvalue weighted by Crippen LogP contribution is 2.55. The van der Waals surface area contributed by atoms with Crippen LogP contribution >= 0.6 is 11.8 Å². The Morgan fingerprint density at radius 1 is 0.500 bits per heavy atom. The van der Waals surface area contributed by atoms with Crippen molar-refractivity contribution in [2.24, 2.45) is 5.73 Å². The number of Topliss-reactive ketones (excluding diaryl/α,β-unsaturated/α-hetero) is 3. The second-order valence-corrected chi connectivity index (χ2v) is 38.7. The monoisotopic (exact) mass is 1870 g/mol. The highest BCUT2D eigenvalue weighted by Gasteiger charge is 2.54. The maximum absolute atomic E-state index is 13.8. The molecule has 8 aromatic carbocycles. The number of ketones is 3. The fraction of sp³-hybridized carbons (Fsp3) is 0.288. The molecule has 2 amide bonds. The number of nitrogens with one attached hydrogen (secondary N) is 2. The van der Waals surface area contributed by atoms with Crippen LogP contribution in [0.2, 0.25) is 0 Å². The lowest BCUT2D eigenvalue weighted by molar-refractivity contribution is -0.140. The van der Waals surface area contributed by atoms with Crippen molar-refractivity contribution in [3.8, 4) is 79.4 Å². The lowest BCUT2D eigenvalue weighted by Gasteiger charge is -2.36. The number of aromatic nitrogens is 4. The van der Waals surface area contributed by atoms with Crippen LogP contribution < -0.4 is 44.2 Å². The molecule has 0 spiro atoms. The summed E-state index contributed by atoms with van der Waals surface area (Å²) in [6, 6.07) is 75.1. The average molecular weight is 1880 g/mol. The highest BCUT2D eigenvalue weighted by molar-refractivity contribution is 7.98. The molecule has 0 bridgehead atoms. The van der Waals surface area contributed by atoms with Crippen LogP contribution in [0, 0.1) is 0 Å². The third-order valence-corrected chi connectivity index (χ3v) is 29.8. The number of sulfonamides is 2. The largest absolute Gasteiger partial charge is 0.497 e. The van der Waals surface area contributed by atoms with Crippen molar-refractivity contribution >= 4 is 72.8 Å². The number of primary amides is 1. The van der Waals surface area contributed by atoms with E-state index in [-0.39, 0.29) is 82.7 Å². The zero-order valence-corrected chi connectivity index (χ0v) is 77.1. The number of pyridine rings is 4. The van der Waals surface area contributed by atoms with Crippen molar-refractivity contribution in [1.29, 1.82) is 0 Å². The number of aliphatic carboxylic acids is 1. The van der Waals surface area contributed by atoms with Crippen LogP contribution in [0.1, 0.15) is 144 Å². The van der Waals surface area contributed by atoms with Gasteiger partial charge in [-0.1, -0.05) is 147 Å². The van der Waals surface area contributed by atoms with Gasteiger partial charge in [-0.2, -0.15) is 16.1 Å². The van der Waals surface area contributed by atoms with Crippen LogP contribution in [0.3, 0.4) is 0 Å². The Kier molecular flexibility index (Phi) is 30.2. The van der Waals surface area contributed by atoms with Gasteiger partial charge in [-0.3, -0.25) is 43.7 Å². The molecule has 4 aromatic heterocycles. The number of carbonyl (C=O) groups excluding carboxylic acids is 5. The number of rotatable bonds is 30. The van der Waals surface area contributed by atoms with Crippen molar-refractivity contribution in [3.63, 3.8) is 0 Å². The van der Waals surface area contributed by atoms with E-state index in [0.29, 0.717) is 76.3 Å². The van der Waals surface area contributed by atoms with Gasteiger partial charge >= 0.3 is 5.97 Å². The molecule has 5 fully saturated rings. The lowest BCUT2D eigenvalue weighted by atomic mass is 9.66. The third kappa shape index (κ3) is 21.3. The fourth-order valence-corrected chi connectivity index (χ4v) is 20.6. The number of thioether (sulfide) groups is 1. The number of fused-ring (bicyclic) bond motifs is 2. The number of para-hydroxylation sites is 1. The number of hydrogen-bond donors (Lipinski definition) is 4. The topological polar surface area (TPSA) is 414 Å². The Labute approximate surface area is 788 Å². The van der Waals surface area contributed by atoms with Gasteiger partial charge in [-0.15, -0.1) is 0 Å². The zero-order chi connectivity index (χ0) is 92.4. The number of carboxylic acids is 1. The highest BCUT2D eigenvalue weighted by atomic mass is 32.2. The molecule has 1 atom stereocenters. The average Bonchev–Trinajstić information content (AvgIpc) is 1.60. The maximum atomic E-state index is 13.8. The predicted molar refractivity (Wildman–Crippen MR) is 519 cm³/mol. The molecule has 134 heavy (non-hydrogen) atoms. The molecule has 1 saturated heterocycles. The van der Waals surface area contributed by atoms with E-state index in [0.717, 1.165) is 154 Å². The molecular formula is C104H114N8O19S3. The van der Waals surface area contributed by atoms with Crippen LogP contribution in [0.15, 0.2) is 265 Å². The minimum atomic E-state index is -3.92. The number of nitrogens with two attached hydrogens (primary N) is 1. The molecule has 27 nitrogen and oxygen atoms in total. The summed E-state index contributed by atoms with van der Waals surface area (Å²) in [5.74, 6) is 4.70. The normalized spacial score (nSPS) is 16.3. The molecule has 7 aliphatic rings. The van der Waals surface area contributed by atoms with Crippen molar-refractivity contribution in [2.45, 2.75) is 147 Å². The molecule has 0 unspecified atom stereocenters. The van der Waals surface area contributed by atoms with Gasteiger partial charge in [0.2, 0.25) is 45.4 Å². The first kappa shape index (κ1) is 96.7. The Balaban J connectivity index is 0.000000188. The standard InChI is InChI=1S/C29H33NO2S.C28H26N2O7S.C24H20N2O4.C23H23N3O4S.2H2O.4H2/c1-32-26-15-13-24(14-16-26)29(18-4-3-5-19-29)28(31)21-25-7-6-8-27(30-25)23-11-9-22(10-12-23)17-20-33-2;31-26(28(12-13-28)19-8-11-24-25(15-19)37-17-36-24)16-20-3-1-4-22(29-20)18-6-9-21(10-7-18)38(34,35)30-14-2-5-23(30)27(32)33;25-23(28)16-3-1-2-15(10-16)17-4-6-19(26-13-17)12-22(27)24(8-9-24)18-5-7-20-21(11-18)30-14-29-20;1-24-31(28,29)17-12-10-16(11-13-17)19-7-5-9-21(25-19)26-22(27)23(14-15-23)18-6-3-4-8-20(18)30-2;;;;;;/h6-16H,3-5,17-21H2,1-2H3;1,3-4,6-11,15,23H,2,5,12-14,16-17H2,(H,32,33);1-7,10-11,13H,8-9,12,14H2,(H2,25,28);3-13,24H,14-15H2,1-2H3,(H,25,26,27);2*1H2;4*1H/t;23-;;;;;;;;/m.0......../s1. The van der Waals surface area contributed by atoms with Crippen molar-refractivity contribution in [2.75, 3.05) is 58.7 Å². The second-order valence-electron chi connectivity index (χ2n) is 33.9. The predicted octanol–water partition coefficient (Wildman–Crippen LogP) is 16.3. The number of carbonyl (C=O) groups is 6. The van der Waals surface area contributed by atoms with E-state index < -0.39 is 59.6 Å². The van der Waals surface area contributed by atoms with Crippen molar-refractivity contribution in [1.82, 2.24) is 29.0 Å². The summed E-state index contributed by atoms with van der Waals surface area (Å²) in [5.41, 5.74) is 17.7. The van der Waals surface area contributed by atoms with E-state index in [9.17, 15) is 50.7 Å². The van der Waals surface area contributed by atoms with Gasteiger partial charge in [0.05, 0.1) is 62.8 Å². The van der Waals surface area contributed by atoms with Crippen molar-refractivity contribution < 1.29 is 95.8 Å². The number of amides is 2. The van der Waals surface area contributed by atoms with Crippen LogP contribution in [0.4, 0.5) is 5.82 Å². The van der Waals surface area contributed by atoms with E-state index in [4.69, 9.17) is 39.1 Å². The number of hydrogen-bond acceptors (Lipinski definition) is 21. The molecule has 3 aliphatic heterocycles. The van der Waals surface area contributed by atoms with Gasteiger partial charge in [-0.25, -0.2) is 26.5 Å². The van der Waals surface area contributed by atoms with E-state index in [1.807, 2.05) is 145 Å². The molecule has 4 saturated carbocycles. The molecule has 19 rings (SSSR count). The summed E-state index contributed by atoms with van der Waals surface area (Å²) in [6.45, 7) is 0.593. The SMILES string of the molecule is CNS(=O)(=O)c1ccc(-c2cccc(NC(=O)C3(c4ccccc4OC)CC3)n2)cc1.COc1ccc(C2(C(=O)Cc3cccc(-c4ccc(CCSC)cc4)n3)CCCCC2)cc1.NC(=O)c1cccc(-c2ccc(CC(=O)C3(c4ccc5c(c4)OCO5)CC3)nc2)c1.O.O.O=C(O)[C@@H]1CCCN1S(=O)(=O)c1ccc(-c2cccc(CC(=O)C3(c4ccc5c(c4)OCO5)CC3)n2)cc1.[HH].[HH].[HH].[HH]. The van der Waals surface area contributed by atoms with Crippen LogP contribution in [-0.4, -0.2) is 152 Å². The molecule has 30 heteroatoms.